The smallest absolute Gasteiger partial charge is 0.257 e. The van der Waals surface area contributed by atoms with Gasteiger partial charge >= 0.3 is 0 Å². The average Bonchev–Trinajstić information content (AvgIpc) is 2.67. The van der Waals surface area contributed by atoms with E-state index < -0.39 is 0 Å². The maximum atomic E-state index is 12.5. The molecule has 0 bridgehead atoms. The standard InChI is InChI=1S/C23H29N3O3S/c1-6-15(2)29-19-9-7-8-17(14-19)20(27)25-22(30)24-18-12-10-16(11-13-18)21(28)26-23(3,4)5/h7-15H,6H2,1-5H3,(H,26,28)(H2,24,25,27,30). The molecule has 7 heteroatoms. The van der Waals surface area contributed by atoms with E-state index in [1.165, 1.54) is 0 Å². The van der Waals surface area contributed by atoms with Crippen molar-refractivity contribution in [2.24, 2.45) is 0 Å². The van der Waals surface area contributed by atoms with Crippen LogP contribution in [0.15, 0.2) is 48.5 Å². The van der Waals surface area contributed by atoms with Gasteiger partial charge in [0.2, 0.25) is 0 Å². The van der Waals surface area contributed by atoms with E-state index >= 15 is 0 Å². The summed E-state index contributed by atoms with van der Waals surface area (Å²) in [7, 11) is 0. The molecule has 2 aromatic carbocycles. The summed E-state index contributed by atoms with van der Waals surface area (Å²) < 4.78 is 5.75. The van der Waals surface area contributed by atoms with Crippen LogP contribution in [0.2, 0.25) is 0 Å². The summed E-state index contributed by atoms with van der Waals surface area (Å²) in [4.78, 5) is 24.7. The minimum atomic E-state index is -0.330. The lowest BCUT2D eigenvalue weighted by molar-refractivity contribution is 0.0918. The Morgan fingerprint density at radius 2 is 1.70 bits per heavy atom. The molecule has 6 nitrogen and oxygen atoms in total. The number of ether oxygens (including phenoxy) is 1. The molecule has 3 N–H and O–H groups in total. The van der Waals surface area contributed by atoms with Crippen LogP contribution >= 0.6 is 12.2 Å². The summed E-state index contributed by atoms with van der Waals surface area (Å²) in [5.41, 5.74) is 1.36. The molecule has 0 radical (unpaired) electrons. The lowest BCUT2D eigenvalue weighted by Crippen LogP contribution is -2.40. The highest BCUT2D eigenvalue weighted by atomic mass is 32.1. The van der Waals surface area contributed by atoms with Gasteiger partial charge in [-0.3, -0.25) is 14.9 Å². The first-order valence-electron chi connectivity index (χ1n) is 9.89. The van der Waals surface area contributed by atoms with E-state index in [9.17, 15) is 9.59 Å². The molecule has 0 aliphatic rings. The van der Waals surface area contributed by atoms with E-state index in [4.69, 9.17) is 17.0 Å². The van der Waals surface area contributed by atoms with Crippen LogP contribution in [0.25, 0.3) is 0 Å². The number of anilines is 1. The first-order chi connectivity index (χ1) is 14.1. The van der Waals surface area contributed by atoms with Gasteiger partial charge in [0.15, 0.2) is 5.11 Å². The highest BCUT2D eigenvalue weighted by molar-refractivity contribution is 7.80. The van der Waals surface area contributed by atoms with Gasteiger partial charge in [0.1, 0.15) is 5.75 Å². The van der Waals surface area contributed by atoms with Crippen molar-refractivity contribution in [3.63, 3.8) is 0 Å². The molecule has 0 saturated heterocycles. The second-order valence-corrected chi connectivity index (χ2v) is 8.46. The number of hydrogen-bond acceptors (Lipinski definition) is 4. The fraction of sp³-hybridized carbons (Fsp3) is 0.348. The quantitative estimate of drug-likeness (QED) is 0.591. The molecule has 0 heterocycles. The van der Waals surface area contributed by atoms with Crippen LogP contribution < -0.4 is 20.7 Å². The van der Waals surface area contributed by atoms with Crippen molar-refractivity contribution in [1.29, 1.82) is 0 Å². The number of carbonyl (C=O) groups is 2. The summed E-state index contributed by atoms with van der Waals surface area (Å²) in [6.07, 6.45) is 0.945. The van der Waals surface area contributed by atoms with Crippen molar-refractivity contribution >= 4 is 34.8 Å². The second kappa shape index (κ2) is 10.2. The summed E-state index contributed by atoms with van der Waals surface area (Å²) in [6.45, 7) is 9.79. The lowest BCUT2D eigenvalue weighted by Gasteiger charge is -2.20. The fourth-order valence-corrected chi connectivity index (χ4v) is 2.69. The Labute approximate surface area is 183 Å². The normalized spacial score (nSPS) is 11.9. The minimum absolute atomic E-state index is 0.0690. The zero-order valence-electron chi connectivity index (χ0n) is 18.0. The van der Waals surface area contributed by atoms with Crippen molar-refractivity contribution in [1.82, 2.24) is 10.6 Å². The molecular formula is C23H29N3O3S. The summed E-state index contributed by atoms with van der Waals surface area (Å²) in [5.74, 6) is 0.160. The van der Waals surface area contributed by atoms with Gasteiger partial charge in [0.05, 0.1) is 6.10 Å². The topological polar surface area (TPSA) is 79.5 Å². The number of carbonyl (C=O) groups excluding carboxylic acids is 2. The molecule has 2 aromatic rings. The number of hydrogen-bond donors (Lipinski definition) is 3. The van der Waals surface area contributed by atoms with Crippen LogP contribution in [-0.4, -0.2) is 28.6 Å². The van der Waals surface area contributed by atoms with E-state index in [0.717, 1.165) is 6.42 Å². The largest absolute Gasteiger partial charge is 0.491 e. The summed E-state index contributed by atoms with van der Waals surface area (Å²) >= 11 is 5.24. The Morgan fingerprint density at radius 3 is 2.30 bits per heavy atom. The number of rotatable bonds is 6. The van der Waals surface area contributed by atoms with Gasteiger partial charge in [0.25, 0.3) is 11.8 Å². The zero-order valence-corrected chi connectivity index (χ0v) is 18.9. The molecule has 30 heavy (non-hydrogen) atoms. The van der Waals surface area contributed by atoms with E-state index in [1.54, 1.807) is 42.5 Å². The van der Waals surface area contributed by atoms with Crippen molar-refractivity contribution in [2.45, 2.75) is 52.7 Å². The van der Waals surface area contributed by atoms with Crippen LogP contribution in [0.1, 0.15) is 61.8 Å². The fourth-order valence-electron chi connectivity index (χ4n) is 2.48. The molecule has 1 atom stereocenters. The van der Waals surface area contributed by atoms with E-state index in [0.29, 0.717) is 22.6 Å². The molecular weight excluding hydrogens is 398 g/mol. The van der Waals surface area contributed by atoms with Gasteiger partial charge < -0.3 is 15.4 Å². The number of nitrogens with one attached hydrogen (secondary N) is 3. The van der Waals surface area contributed by atoms with Gasteiger partial charge in [0, 0.05) is 22.4 Å². The van der Waals surface area contributed by atoms with Crippen molar-refractivity contribution in [3.8, 4) is 5.75 Å². The van der Waals surface area contributed by atoms with Crippen LogP contribution in [0.4, 0.5) is 5.69 Å². The average molecular weight is 428 g/mol. The Hall–Kier alpha value is -2.93. The Bertz CT molecular complexity index is 905. The van der Waals surface area contributed by atoms with Crippen LogP contribution in [0, 0.1) is 0 Å². The van der Waals surface area contributed by atoms with Crippen molar-refractivity contribution in [2.75, 3.05) is 5.32 Å². The molecule has 0 saturated carbocycles. The van der Waals surface area contributed by atoms with Gasteiger partial charge in [-0.15, -0.1) is 0 Å². The minimum Gasteiger partial charge on any atom is -0.491 e. The summed E-state index contributed by atoms with van der Waals surface area (Å²) in [6, 6.07) is 13.8. The molecule has 0 aliphatic heterocycles. The number of thiocarbonyl (C=S) groups is 1. The first-order valence-corrected chi connectivity index (χ1v) is 10.3. The van der Waals surface area contributed by atoms with Gasteiger partial charge in [-0.1, -0.05) is 13.0 Å². The van der Waals surface area contributed by atoms with Crippen LogP contribution in [0.3, 0.4) is 0 Å². The monoisotopic (exact) mass is 427 g/mol. The molecule has 2 amide bonds. The van der Waals surface area contributed by atoms with E-state index in [2.05, 4.69) is 16.0 Å². The highest BCUT2D eigenvalue weighted by Crippen LogP contribution is 2.16. The molecule has 0 spiro atoms. The molecule has 1 unspecified atom stereocenters. The van der Waals surface area contributed by atoms with Crippen molar-refractivity contribution in [3.05, 3.63) is 59.7 Å². The van der Waals surface area contributed by atoms with E-state index in [-0.39, 0.29) is 28.6 Å². The van der Waals surface area contributed by atoms with Crippen LogP contribution in [0.5, 0.6) is 5.75 Å². The van der Waals surface area contributed by atoms with E-state index in [1.807, 2.05) is 40.7 Å². The first kappa shape index (κ1) is 23.3. The number of amides is 2. The Balaban J connectivity index is 1.95. The molecule has 160 valence electrons. The Morgan fingerprint density at radius 1 is 1.03 bits per heavy atom. The third kappa shape index (κ3) is 7.48. The molecule has 2 rings (SSSR count). The Kier molecular flexibility index (Phi) is 7.94. The molecule has 0 aliphatic carbocycles. The maximum absolute atomic E-state index is 12.5. The van der Waals surface area contributed by atoms with Gasteiger partial charge in [-0.25, -0.2) is 0 Å². The summed E-state index contributed by atoms with van der Waals surface area (Å²) in [5, 5.41) is 8.68. The van der Waals surface area contributed by atoms with Gasteiger partial charge in [-0.05, 0) is 88.8 Å². The molecule has 0 fully saturated rings. The number of benzene rings is 2. The predicted octanol–water partition coefficient (Wildman–Crippen LogP) is 4.52. The third-order valence-corrected chi connectivity index (χ3v) is 4.33. The third-order valence-electron chi connectivity index (χ3n) is 4.13. The maximum Gasteiger partial charge on any atom is 0.257 e. The highest BCUT2D eigenvalue weighted by Gasteiger charge is 2.15. The second-order valence-electron chi connectivity index (χ2n) is 8.05. The van der Waals surface area contributed by atoms with Gasteiger partial charge in [-0.2, -0.15) is 0 Å². The van der Waals surface area contributed by atoms with Crippen LogP contribution in [-0.2, 0) is 0 Å². The molecule has 0 aromatic heterocycles. The zero-order chi connectivity index (χ0) is 22.3. The lowest BCUT2D eigenvalue weighted by atomic mass is 10.1. The SMILES string of the molecule is CCC(C)Oc1cccc(C(=O)NC(=S)Nc2ccc(C(=O)NC(C)(C)C)cc2)c1. The predicted molar refractivity (Wildman–Crippen MR) is 124 cm³/mol. The van der Waals surface area contributed by atoms with Crippen molar-refractivity contribution < 1.29 is 14.3 Å².